The minimum Gasteiger partial charge on any atom is -0.505 e. The lowest BCUT2D eigenvalue weighted by Crippen LogP contribution is -2.71. The molecule has 2 aromatic rings. The van der Waals surface area contributed by atoms with Crippen molar-refractivity contribution >= 4 is 69.3 Å². The number of phenolic OH excluding ortho intramolecular Hbond substituents is 1. The standard InChI is InChI=1S/C25H18F4N6O8S2/c26-12-6-11(1-2-14(12)36)34-4-3-9(19(34)38)5-10-7-44-21-16(32-18(37)15(33-42)13-8-45-24(30)31-13)20(39)35(21)17(10)22(40)43-23(41)25(27,28)29/h1-2,5-6,8,16,21,36,42H,3-4,7H2,(H2,30,31)(H,32,37)/b9-5+,33-15-/t16-,21-/m1/s1. The molecule has 3 aliphatic rings. The van der Waals surface area contributed by atoms with Crippen LogP contribution in [0.1, 0.15) is 12.1 Å². The van der Waals surface area contributed by atoms with Gasteiger partial charge in [-0.25, -0.2) is 19.0 Å². The molecular formula is C25H18F4N6O8S2. The predicted molar refractivity (Wildman–Crippen MR) is 147 cm³/mol. The van der Waals surface area contributed by atoms with Gasteiger partial charge in [0.1, 0.15) is 22.8 Å². The number of esters is 2. The lowest BCUT2D eigenvalue weighted by atomic mass is 10.0. The number of thiazole rings is 1. The van der Waals surface area contributed by atoms with Gasteiger partial charge in [0.25, 0.3) is 17.7 Å². The number of aromatic nitrogens is 1. The summed E-state index contributed by atoms with van der Waals surface area (Å²) < 4.78 is 56.6. The second-order valence-electron chi connectivity index (χ2n) is 9.44. The maximum Gasteiger partial charge on any atom is 0.491 e. The number of β-lactam (4-membered cyclic amide) rings is 1. The van der Waals surface area contributed by atoms with E-state index in [0.29, 0.717) is 0 Å². The molecule has 5 rings (SSSR count). The molecular weight excluding hydrogens is 652 g/mol. The number of carbonyl (C=O) groups excluding carboxylic acids is 5. The number of amides is 3. The van der Waals surface area contributed by atoms with Gasteiger partial charge < -0.3 is 31.0 Å². The Morgan fingerprint density at radius 1 is 1.24 bits per heavy atom. The highest BCUT2D eigenvalue weighted by Crippen LogP contribution is 2.42. The van der Waals surface area contributed by atoms with E-state index in [-0.39, 0.29) is 46.4 Å². The van der Waals surface area contributed by atoms with E-state index >= 15 is 0 Å². The average molecular weight is 671 g/mol. The fourth-order valence-corrected chi connectivity index (χ4v) is 6.47. The fraction of sp³-hybridized carbons (Fsp3) is 0.240. The van der Waals surface area contributed by atoms with E-state index < -0.39 is 70.2 Å². The van der Waals surface area contributed by atoms with Gasteiger partial charge in [0.15, 0.2) is 22.4 Å². The highest BCUT2D eigenvalue weighted by molar-refractivity contribution is 8.00. The van der Waals surface area contributed by atoms with Crippen molar-refractivity contribution in [3.63, 3.8) is 0 Å². The number of ether oxygens (including phenoxy) is 1. The first-order valence-corrected chi connectivity index (χ1v) is 14.4. The summed E-state index contributed by atoms with van der Waals surface area (Å²) in [5, 5.41) is 24.2. The van der Waals surface area contributed by atoms with Crippen LogP contribution in [-0.2, 0) is 28.7 Å². The number of nitrogens with zero attached hydrogens (tertiary/aromatic N) is 4. The summed E-state index contributed by atoms with van der Waals surface area (Å²) in [6, 6.07) is 1.89. The molecule has 236 valence electrons. The molecule has 2 atom stereocenters. The van der Waals surface area contributed by atoms with Crippen LogP contribution in [-0.4, -0.2) is 85.5 Å². The summed E-state index contributed by atoms with van der Waals surface area (Å²) in [5.74, 6) is -9.20. The molecule has 14 nitrogen and oxygen atoms in total. The van der Waals surface area contributed by atoms with Crippen molar-refractivity contribution in [3.05, 3.63) is 58.0 Å². The largest absolute Gasteiger partial charge is 0.505 e. The molecule has 0 aliphatic carbocycles. The smallest absolute Gasteiger partial charge is 0.491 e. The van der Waals surface area contributed by atoms with E-state index in [4.69, 9.17) is 5.73 Å². The Morgan fingerprint density at radius 3 is 2.60 bits per heavy atom. The van der Waals surface area contributed by atoms with Crippen molar-refractivity contribution in [1.82, 2.24) is 15.2 Å². The third-order valence-corrected chi connectivity index (χ3v) is 8.67. The summed E-state index contributed by atoms with van der Waals surface area (Å²) in [4.78, 5) is 69.2. The number of thioether (sulfide) groups is 1. The number of hydrogen-bond donors (Lipinski definition) is 4. The van der Waals surface area contributed by atoms with Crippen molar-refractivity contribution in [3.8, 4) is 5.75 Å². The summed E-state index contributed by atoms with van der Waals surface area (Å²) in [5.41, 5.74) is 4.08. The quantitative estimate of drug-likeness (QED) is 0.0505. The molecule has 2 saturated heterocycles. The number of halogens is 4. The molecule has 20 heteroatoms. The predicted octanol–water partition coefficient (Wildman–Crippen LogP) is 1.40. The van der Waals surface area contributed by atoms with Gasteiger partial charge in [-0.05, 0) is 30.2 Å². The molecule has 3 aliphatic heterocycles. The average Bonchev–Trinajstić information content (AvgIpc) is 3.57. The van der Waals surface area contributed by atoms with E-state index in [1.807, 2.05) is 0 Å². The van der Waals surface area contributed by atoms with Crippen molar-refractivity contribution in [2.75, 3.05) is 22.9 Å². The molecule has 1 aromatic heterocycles. The minimum atomic E-state index is -5.55. The summed E-state index contributed by atoms with van der Waals surface area (Å²) in [7, 11) is 0. The number of rotatable bonds is 6. The van der Waals surface area contributed by atoms with Gasteiger partial charge in [-0.15, -0.1) is 23.1 Å². The Morgan fingerprint density at radius 2 is 1.98 bits per heavy atom. The number of alkyl halides is 3. The first kappa shape index (κ1) is 31.4. The number of fused-ring (bicyclic) bond motifs is 1. The normalized spacial score (nSPS) is 21.2. The maximum absolute atomic E-state index is 13.9. The molecule has 5 N–H and O–H groups in total. The number of phenols is 1. The molecule has 45 heavy (non-hydrogen) atoms. The first-order chi connectivity index (χ1) is 21.2. The van der Waals surface area contributed by atoms with Crippen LogP contribution in [0.2, 0.25) is 0 Å². The third kappa shape index (κ3) is 5.92. The maximum atomic E-state index is 13.9. The number of nitrogens with one attached hydrogen (secondary N) is 1. The van der Waals surface area contributed by atoms with Gasteiger partial charge in [0.05, 0.1) is 0 Å². The summed E-state index contributed by atoms with van der Waals surface area (Å²) in [6.45, 7) is 0.0421. The highest BCUT2D eigenvalue weighted by Gasteiger charge is 2.55. The third-order valence-electron chi connectivity index (χ3n) is 6.69. The van der Waals surface area contributed by atoms with Gasteiger partial charge in [-0.2, -0.15) is 13.2 Å². The number of allylic oxidation sites excluding steroid dienone is 1. The van der Waals surface area contributed by atoms with Crippen LogP contribution in [0.3, 0.4) is 0 Å². The van der Waals surface area contributed by atoms with Gasteiger partial charge >= 0.3 is 18.1 Å². The Balaban J connectivity index is 1.43. The molecule has 0 bridgehead atoms. The van der Waals surface area contributed by atoms with Crippen LogP contribution in [0.25, 0.3) is 0 Å². The molecule has 0 radical (unpaired) electrons. The molecule has 4 heterocycles. The number of nitrogens with two attached hydrogens (primary N) is 1. The van der Waals surface area contributed by atoms with Crippen molar-refractivity contribution < 1.29 is 56.6 Å². The summed E-state index contributed by atoms with van der Waals surface area (Å²) >= 11 is 1.90. The van der Waals surface area contributed by atoms with Crippen LogP contribution >= 0.6 is 23.1 Å². The zero-order chi connectivity index (χ0) is 32.8. The Bertz CT molecular complexity index is 1740. The molecule has 0 unspecified atom stereocenters. The van der Waals surface area contributed by atoms with E-state index in [1.54, 1.807) is 0 Å². The first-order valence-electron chi connectivity index (χ1n) is 12.5. The lowest BCUT2D eigenvalue weighted by Gasteiger charge is -2.49. The van der Waals surface area contributed by atoms with Gasteiger partial charge in [0.2, 0.25) is 0 Å². The van der Waals surface area contributed by atoms with Gasteiger partial charge in [-0.3, -0.25) is 19.3 Å². The number of benzene rings is 1. The van der Waals surface area contributed by atoms with Crippen LogP contribution in [0.4, 0.5) is 28.4 Å². The zero-order valence-corrected chi connectivity index (χ0v) is 23.8. The number of carbonyl (C=O) groups is 5. The zero-order valence-electron chi connectivity index (χ0n) is 22.2. The van der Waals surface area contributed by atoms with Crippen LogP contribution in [0, 0.1) is 5.82 Å². The van der Waals surface area contributed by atoms with Gasteiger partial charge in [-0.1, -0.05) is 5.16 Å². The van der Waals surface area contributed by atoms with Crippen molar-refractivity contribution in [1.29, 1.82) is 0 Å². The molecule has 0 saturated carbocycles. The molecule has 1 aromatic carbocycles. The Hall–Kier alpha value is -4.98. The molecule has 3 amide bonds. The second kappa shape index (κ2) is 11.8. The number of aromatic hydroxyl groups is 1. The Labute approximate surface area is 256 Å². The topological polar surface area (TPSA) is 205 Å². The number of nitrogen functional groups attached to an aromatic ring is 1. The monoisotopic (exact) mass is 670 g/mol. The van der Waals surface area contributed by atoms with Crippen molar-refractivity contribution in [2.45, 2.75) is 24.0 Å². The second-order valence-corrected chi connectivity index (χ2v) is 11.4. The van der Waals surface area contributed by atoms with E-state index in [2.05, 4.69) is 20.2 Å². The Kier molecular flexibility index (Phi) is 8.27. The van der Waals surface area contributed by atoms with Crippen LogP contribution in [0.5, 0.6) is 5.75 Å². The number of oxime groups is 1. The number of anilines is 2. The summed E-state index contributed by atoms with van der Waals surface area (Å²) in [6.07, 6.45) is -4.34. The van der Waals surface area contributed by atoms with Crippen molar-refractivity contribution in [2.24, 2.45) is 5.16 Å². The van der Waals surface area contributed by atoms with E-state index in [9.17, 15) is 51.8 Å². The molecule has 0 spiro atoms. The molecule has 2 fully saturated rings. The van der Waals surface area contributed by atoms with Crippen LogP contribution < -0.4 is 16.0 Å². The van der Waals surface area contributed by atoms with Gasteiger partial charge in [0, 0.05) is 35.0 Å². The highest BCUT2D eigenvalue weighted by atomic mass is 32.2. The lowest BCUT2D eigenvalue weighted by molar-refractivity contribution is -0.201. The number of hydrogen-bond acceptors (Lipinski definition) is 13. The minimum absolute atomic E-state index is 0.0362. The SMILES string of the molecule is Nc1nc(/C(=N/O)C(=O)N[C@@H]2C(=O)N3C(C(=O)OC(=O)C(F)(F)F)=C(/C=C4\CCN(c5ccc(O)c(F)c5)C4=O)CS[C@H]23)cs1. The fourth-order valence-electron chi connectivity index (χ4n) is 4.62. The van der Waals surface area contributed by atoms with E-state index in [1.165, 1.54) is 17.5 Å². The van der Waals surface area contributed by atoms with Crippen LogP contribution in [0.15, 0.2) is 51.7 Å². The van der Waals surface area contributed by atoms with E-state index in [0.717, 1.165) is 45.0 Å².